The van der Waals surface area contributed by atoms with E-state index in [0.29, 0.717) is 5.69 Å². The molecule has 1 amide bonds. The fourth-order valence-corrected chi connectivity index (χ4v) is 3.54. The molecule has 0 spiro atoms. The van der Waals surface area contributed by atoms with Gasteiger partial charge in [0.1, 0.15) is 5.82 Å². The molecule has 0 aliphatic heterocycles. The minimum atomic E-state index is -0.325. The summed E-state index contributed by atoms with van der Waals surface area (Å²) in [6.45, 7) is 2.29. The van der Waals surface area contributed by atoms with Crippen molar-refractivity contribution in [1.82, 2.24) is 5.32 Å². The minimum Gasteiger partial charge on any atom is -0.325 e. The third kappa shape index (κ3) is 4.77. The zero-order chi connectivity index (χ0) is 18.4. The molecule has 2 aromatic carbocycles. The lowest BCUT2D eigenvalue weighted by Gasteiger charge is -2.18. The molecule has 0 saturated heterocycles. The maximum atomic E-state index is 13.0. The van der Waals surface area contributed by atoms with Gasteiger partial charge in [-0.3, -0.25) is 10.1 Å². The third-order valence-corrected chi connectivity index (χ3v) is 5.08. The molecule has 0 bridgehead atoms. The molecule has 3 rings (SSSR count). The Balaban J connectivity index is 1.67. The van der Waals surface area contributed by atoms with E-state index in [4.69, 9.17) is 0 Å². The summed E-state index contributed by atoms with van der Waals surface area (Å²) in [7, 11) is 0. The number of nitrogens with one attached hydrogen (secondary N) is 2. The Morgan fingerprint density at radius 2 is 1.81 bits per heavy atom. The van der Waals surface area contributed by atoms with E-state index in [2.05, 4.69) is 47.9 Å². The van der Waals surface area contributed by atoms with Gasteiger partial charge < -0.3 is 5.32 Å². The smallest absolute Gasteiger partial charge is 0.238 e. The van der Waals surface area contributed by atoms with Crippen LogP contribution in [-0.2, 0) is 11.2 Å². The number of hydrogen-bond donors (Lipinski definition) is 2. The molecule has 1 aromatic heterocycles. The number of aryl methyl sites for hydroxylation is 1. The van der Waals surface area contributed by atoms with E-state index < -0.39 is 0 Å². The molecule has 134 valence electrons. The van der Waals surface area contributed by atoms with Crippen molar-refractivity contribution in [3.63, 3.8) is 0 Å². The number of halogens is 1. The summed E-state index contributed by atoms with van der Waals surface area (Å²) in [5.41, 5.74) is 2.99. The van der Waals surface area contributed by atoms with E-state index >= 15 is 0 Å². The summed E-state index contributed by atoms with van der Waals surface area (Å²) in [5.74, 6) is -0.488. The zero-order valence-corrected chi connectivity index (χ0v) is 15.4. The first kappa shape index (κ1) is 18.3. The van der Waals surface area contributed by atoms with Gasteiger partial charge in [0, 0.05) is 10.6 Å². The van der Waals surface area contributed by atoms with Crippen LogP contribution in [0, 0.1) is 5.82 Å². The van der Waals surface area contributed by atoms with Crippen LogP contribution >= 0.6 is 11.3 Å². The monoisotopic (exact) mass is 368 g/mol. The molecule has 3 nitrogen and oxygen atoms in total. The van der Waals surface area contributed by atoms with Crippen molar-refractivity contribution in [2.45, 2.75) is 19.4 Å². The minimum absolute atomic E-state index is 0.0418. The second kappa shape index (κ2) is 8.74. The molecule has 3 aromatic rings. The molecule has 1 atom stereocenters. The largest absolute Gasteiger partial charge is 0.325 e. The number of carbonyl (C=O) groups is 1. The second-order valence-corrected chi connectivity index (χ2v) is 6.96. The molecule has 0 radical (unpaired) electrons. The highest BCUT2D eigenvalue weighted by molar-refractivity contribution is 7.10. The predicted molar refractivity (Wildman–Crippen MR) is 105 cm³/mol. The first-order chi connectivity index (χ1) is 12.7. The highest BCUT2D eigenvalue weighted by atomic mass is 32.1. The summed E-state index contributed by atoms with van der Waals surface area (Å²) in [6.07, 6.45) is 0.997. The zero-order valence-electron chi connectivity index (χ0n) is 14.5. The number of benzene rings is 2. The highest BCUT2D eigenvalue weighted by Gasteiger charge is 2.16. The van der Waals surface area contributed by atoms with Crippen molar-refractivity contribution in [3.8, 4) is 0 Å². The Hall–Kier alpha value is -2.50. The Morgan fingerprint density at radius 1 is 1.08 bits per heavy atom. The summed E-state index contributed by atoms with van der Waals surface area (Å²) in [5, 5.41) is 8.14. The van der Waals surface area contributed by atoms with E-state index in [-0.39, 0.29) is 24.3 Å². The van der Waals surface area contributed by atoms with E-state index in [1.54, 1.807) is 23.5 Å². The van der Waals surface area contributed by atoms with Crippen LogP contribution in [0.15, 0.2) is 66.0 Å². The number of anilines is 1. The van der Waals surface area contributed by atoms with Crippen molar-refractivity contribution in [2.24, 2.45) is 0 Å². The second-order valence-electron chi connectivity index (χ2n) is 5.98. The fraction of sp³-hybridized carbons (Fsp3) is 0.190. The normalized spacial score (nSPS) is 11.9. The van der Waals surface area contributed by atoms with Crippen LogP contribution in [-0.4, -0.2) is 12.5 Å². The Morgan fingerprint density at radius 3 is 2.42 bits per heavy atom. The average molecular weight is 368 g/mol. The van der Waals surface area contributed by atoms with Crippen molar-refractivity contribution >= 4 is 22.9 Å². The maximum Gasteiger partial charge on any atom is 0.238 e. The van der Waals surface area contributed by atoms with Gasteiger partial charge in [-0.2, -0.15) is 0 Å². The van der Waals surface area contributed by atoms with Gasteiger partial charge in [-0.05, 0) is 53.3 Å². The van der Waals surface area contributed by atoms with Gasteiger partial charge in [-0.1, -0.05) is 37.3 Å². The molecule has 0 aliphatic carbocycles. The van der Waals surface area contributed by atoms with Gasteiger partial charge in [0.2, 0.25) is 5.91 Å². The number of carbonyl (C=O) groups excluding carboxylic acids is 1. The summed E-state index contributed by atoms with van der Waals surface area (Å²) in [4.78, 5) is 13.4. The van der Waals surface area contributed by atoms with Crippen LogP contribution in [0.3, 0.4) is 0 Å². The van der Waals surface area contributed by atoms with Crippen LogP contribution < -0.4 is 10.6 Å². The van der Waals surface area contributed by atoms with E-state index in [1.807, 2.05) is 11.4 Å². The predicted octanol–water partition coefficient (Wildman–Crippen LogP) is 4.77. The van der Waals surface area contributed by atoms with E-state index in [1.165, 1.54) is 17.7 Å². The Bertz CT molecular complexity index is 829. The first-order valence-corrected chi connectivity index (χ1v) is 9.44. The summed E-state index contributed by atoms with van der Waals surface area (Å²) < 4.78 is 13.0. The molecule has 0 fully saturated rings. The summed E-state index contributed by atoms with van der Waals surface area (Å²) >= 11 is 1.66. The molecule has 5 heteroatoms. The van der Waals surface area contributed by atoms with Crippen LogP contribution in [0.5, 0.6) is 0 Å². The molecule has 0 aliphatic rings. The van der Waals surface area contributed by atoms with Crippen molar-refractivity contribution in [3.05, 3.63) is 87.9 Å². The molecule has 0 saturated carbocycles. The van der Waals surface area contributed by atoms with Crippen molar-refractivity contribution in [1.29, 1.82) is 0 Å². The lowest BCUT2D eigenvalue weighted by molar-refractivity contribution is -0.115. The van der Waals surface area contributed by atoms with Gasteiger partial charge >= 0.3 is 0 Å². The number of hydrogen-bond acceptors (Lipinski definition) is 3. The number of amides is 1. The van der Waals surface area contributed by atoms with Crippen molar-refractivity contribution in [2.75, 3.05) is 11.9 Å². The van der Waals surface area contributed by atoms with Crippen LogP contribution in [0.4, 0.5) is 10.1 Å². The number of thiophene rings is 1. The molecule has 1 heterocycles. The highest BCUT2D eigenvalue weighted by Crippen LogP contribution is 2.26. The topological polar surface area (TPSA) is 41.1 Å². The lowest BCUT2D eigenvalue weighted by Crippen LogP contribution is -2.31. The molecular weight excluding hydrogens is 347 g/mol. The van der Waals surface area contributed by atoms with Gasteiger partial charge in [-0.15, -0.1) is 11.3 Å². The van der Waals surface area contributed by atoms with Crippen LogP contribution in [0.25, 0.3) is 0 Å². The van der Waals surface area contributed by atoms with E-state index in [9.17, 15) is 9.18 Å². The van der Waals surface area contributed by atoms with E-state index in [0.717, 1.165) is 16.9 Å². The Labute approximate surface area is 156 Å². The van der Waals surface area contributed by atoms with Crippen LogP contribution in [0.2, 0.25) is 0 Å². The lowest BCUT2D eigenvalue weighted by atomic mass is 10.0. The SMILES string of the molecule is CCc1ccc([C@@H](NCC(=O)Nc2ccc(F)cc2)c2cccs2)cc1. The standard InChI is InChI=1S/C21H21FN2OS/c1-2-15-5-7-16(8-6-15)21(19-4-3-13-26-19)23-14-20(25)24-18-11-9-17(22)10-12-18/h3-13,21,23H,2,14H2,1H3,(H,24,25)/t21-/m1/s1. The van der Waals surface area contributed by atoms with Gasteiger partial charge in [0.05, 0.1) is 12.6 Å². The molecule has 0 unspecified atom stereocenters. The van der Waals surface area contributed by atoms with Gasteiger partial charge in [0.15, 0.2) is 0 Å². The number of rotatable bonds is 7. The Kier molecular flexibility index (Phi) is 6.15. The van der Waals surface area contributed by atoms with Gasteiger partial charge in [-0.25, -0.2) is 4.39 Å². The van der Waals surface area contributed by atoms with Crippen molar-refractivity contribution < 1.29 is 9.18 Å². The third-order valence-electron chi connectivity index (χ3n) is 4.14. The molecule has 26 heavy (non-hydrogen) atoms. The quantitative estimate of drug-likeness (QED) is 0.631. The first-order valence-electron chi connectivity index (χ1n) is 8.56. The molecule has 2 N–H and O–H groups in total. The summed E-state index contributed by atoms with van der Waals surface area (Å²) in [6, 6.07) is 18.2. The maximum absolute atomic E-state index is 13.0. The van der Waals surface area contributed by atoms with Gasteiger partial charge in [0.25, 0.3) is 0 Å². The van der Waals surface area contributed by atoms with Crippen LogP contribution in [0.1, 0.15) is 29.0 Å². The average Bonchev–Trinajstić information content (AvgIpc) is 3.19. The fourth-order valence-electron chi connectivity index (χ4n) is 2.72. The molecular formula is C21H21FN2OS.